The first-order chi connectivity index (χ1) is 11.1. The molecule has 0 bridgehead atoms. The van der Waals surface area contributed by atoms with Crippen molar-refractivity contribution in [2.75, 3.05) is 24.5 Å². The second-order valence-electron chi connectivity index (χ2n) is 6.82. The maximum absolute atomic E-state index is 12.5. The van der Waals surface area contributed by atoms with Crippen molar-refractivity contribution in [1.82, 2.24) is 10.6 Å². The maximum Gasteiger partial charge on any atom is 0.223 e. The van der Waals surface area contributed by atoms with Crippen molar-refractivity contribution in [2.24, 2.45) is 5.92 Å². The Morgan fingerprint density at radius 1 is 1.35 bits per heavy atom. The van der Waals surface area contributed by atoms with Gasteiger partial charge in [0.25, 0.3) is 0 Å². The second kappa shape index (κ2) is 7.54. The first kappa shape index (κ1) is 16.6. The van der Waals surface area contributed by atoms with Crippen LogP contribution in [0.2, 0.25) is 5.02 Å². The summed E-state index contributed by atoms with van der Waals surface area (Å²) < 4.78 is 0. The Morgan fingerprint density at radius 3 is 2.96 bits per heavy atom. The summed E-state index contributed by atoms with van der Waals surface area (Å²) in [6, 6.07) is 8.60. The highest BCUT2D eigenvalue weighted by atomic mass is 35.5. The molecule has 2 saturated heterocycles. The number of rotatable bonds is 3. The number of hydrogen-bond acceptors (Lipinski definition) is 3. The van der Waals surface area contributed by atoms with E-state index in [1.54, 1.807) is 0 Å². The predicted octanol–water partition coefficient (Wildman–Crippen LogP) is 2.81. The number of nitrogens with one attached hydrogen (secondary N) is 2. The number of carbonyl (C=O) groups is 1. The third kappa shape index (κ3) is 4.18. The third-order valence-corrected chi connectivity index (χ3v) is 5.27. The van der Waals surface area contributed by atoms with Gasteiger partial charge in [0, 0.05) is 31.1 Å². The fourth-order valence-corrected chi connectivity index (χ4v) is 3.97. The van der Waals surface area contributed by atoms with E-state index in [0.717, 1.165) is 56.0 Å². The van der Waals surface area contributed by atoms with Crippen molar-refractivity contribution in [3.05, 3.63) is 29.3 Å². The number of benzene rings is 1. The standard InChI is InChI=1S/C18H26ClN3O/c1-13-11-14(8-9-20-13)18(23)21-15-5-4-10-22(12-15)17-7-3-2-6-16(17)19/h2-3,6-7,13-15,20H,4-5,8-12H2,1H3,(H,21,23)/t13-,14-,15?/m0/s1. The summed E-state index contributed by atoms with van der Waals surface area (Å²) in [7, 11) is 0. The third-order valence-electron chi connectivity index (χ3n) is 4.96. The molecule has 5 heteroatoms. The molecular formula is C18H26ClN3O. The van der Waals surface area contributed by atoms with Gasteiger partial charge in [0.2, 0.25) is 5.91 Å². The lowest BCUT2D eigenvalue weighted by molar-refractivity contribution is -0.126. The molecule has 3 rings (SSSR count). The van der Waals surface area contributed by atoms with Crippen LogP contribution in [0.25, 0.3) is 0 Å². The molecule has 0 radical (unpaired) electrons. The summed E-state index contributed by atoms with van der Waals surface area (Å²) in [4.78, 5) is 14.8. The molecule has 1 aromatic rings. The molecule has 0 saturated carbocycles. The highest BCUT2D eigenvalue weighted by Crippen LogP contribution is 2.28. The molecule has 1 unspecified atom stereocenters. The number of hydrogen-bond donors (Lipinski definition) is 2. The average Bonchev–Trinajstić information content (AvgIpc) is 2.55. The zero-order chi connectivity index (χ0) is 16.2. The topological polar surface area (TPSA) is 44.4 Å². The van der Waals surface area contributed by atoms with Crippen LogP contribution in [0.3, 0.4) is 0 Å². The lowest BCUT2D eigenvalue weighted by atomic mass is 9.92. The van der Waals surface area contributed by atoms with Crippen LogP contribution in [0.5, 0.6) is 0 Å². The van der Waals surface area contributed by atoms with E-state index in [-0.39, 0.29) is 17.9 Å². The van der Waals surface area contributed by atoms with Gasteiger partial charge in [-0.05, 0) is 51.3 Å². The number of anilines is 1. The summed E-state index contributed by atoms with van der Waals surface area (Å²) in [5.74, 6) is 0.381. The molecule has 23 heavy (non-hydrogen) atoms. The summed E-state index contributed by atoms with van der Waals surface area (Å²) >= 11 is 6.31. The predicted molar refractivity (Wildman–Crippen MR) is 95.0 cm³/mol. The molecule has 2 heterocycles. The van der Waals surface area contributed by atoms with Crippen LogP contribution in [-0.4, -0.2) is 37.6 Å². The SMILES string of the molecule is C[C@H]1C[C@@H](C(=O)NC2CCCN(c3ccccc3Cl)C2)CCN1. The fraction of sp³-hybridized carbons (Fsp3) is 0.611. The largest absolute Gasteiger partial charge is 0.368 e. The molecule has 2 fully saturated rings. The Bertz CT molecular complexity index is 551. The number of carbonyl (C=O) groups excluding carboxylic acids is 1. The van der Waals surface area contributed by atoms with Crippen molar-refractivity contribution >= 4 is 23.2 Å². The van der Waals surface area contributed by atoms with Gasteiger partial charge in [-0.3, -0.25) is 4.79 Å². The molecule has 2 aliphatic heterocycles. The van der Waals surface area contributed by atoms with Crippen LogP contribution in [0.15, 0.2) is 24.3 Å². The van der Waals surface area contributed by atoms with E-state index >= 15 is 0 Å². The lowest BCUT2D eigenvalue weighted by Crippen LogP contribution is -2.51. The smallest absolute Gasteiger partial charge is 0.223 e. The number of halogens is 1. The van der Waals surface area contributed by atoms with E-state index in [1.165, 1.54) is 0 Å². The van der Waals surface area contributed by atoms with Gasteiger partial charge in [-0.25, -0.2) is 0 Å². The van der Waals surface area contributed by atoms with Gasteiger partial charge in [-0.15, -0.1) is 0 Å². The molecule has 1 aromatic carbocycles. The van der Waals surface area contributed by atoms with Gasteiger partial charge in [-0.1, -0.05) is 23.7 Å². The molecule has 126 valence electrons. The molecule has 0 aliphatic carbocycles. The molecule has 0 aromatic heterocycles. The minimum atomic E-state index is 0.155. The van der Waals surface area contributed by atoms with E-state index in [4.69, 9.17) is 11.6 Å². The minimum absolute atomic E-state index is 0.155. The second-order valence-corrected chi connectivity index (χ2v) is 7.23. The van der Waals surface area contributed by atoms with Gasteiger partial charge in [-0.2, -0.15) is 0 Å². The van der Waals surface area contributed by atoms with Crippen molar-refractivity contribution in [1.29, 1.82) is 0 Å². The number of para-hydroxylation sites is 1. The van der Waals surface area contributed by atoms with Crippen molar-refractivity contribution in [3.8, 4) is 0 Å². The van der Waals surface area contributed by atoms with Crippen LogP contribution in [0.4, 0.5) is 5.69 Å². The van der Waals surface area contributed by atoms with E-state index in [2.05, 4.69) is 28.5 Å². The summed E-state index contributed by atoms with van der Waals surface area (Å²) in [5.41, 5.74) is 1.07. The van der Waals surface area contributed by atoms with E-state index < -0.39 is 0 Å². The number of amides is 1. The molecule has 3 atom stereocenters. The first-order valence-corrected chi connectivity index (χ1v) is 9.04. The highest BCUT2D eigenvalue weighted by molar-refractivity contribution is 6.33. The maximum atomic E-state index is 12.5. The Hall–Kier alpha value is -1.26. The zero-order valence-electron chi connectivity index (χ0n) is 13.7. The average molecular weight is 336 g/mol. The Labute approximate surface area is 143 Å². The monoisotopic (exact) mass is 335 g/mol. The Balaban J connectivity index is 1.58. The van der Waals surface area contributed by atoms with Crippen molar-refractivity contribution in [3.63, 3.8) is 0 Å². The molecule has 2 aliphatic rings. The van der Waals surface area contributed by atoms with Crippen LogP contribution < -0.4 is 15.5 Å². The van der Waals surface area contributed by atoms with E-state index in [1.807, 2.05) is 18.2 Å². The highest BCUT2D eigenvalue weighted by Gasteiger charge is 2.28. The van der Waals surface area contributed by atoms with Crippen LogP contribution in [-0.2, 0) is 4.79 Å². The van der Waals surface area contributed by atoms with Crippen LogP contribution >= 0.6 is 11.6 Å². The normalized spacial score (nSPS) is 28.4. The van der Waals surface area contributed by atoms with Crippen molar-refractivity contribution < 1.29 is 4.79 Å². The fourth-order valence-electron chi connectivity index (χ4n) is 3.71. The minimum Gasteiger partial charge on any atom is -0.368 e. The number of nitrogens with zero attached hydrogens (tertiary/aromatic N) is 1. The molecular weight excluding hydrogens is 310 g/mol. The Kier molecular flexibility index (Phi) is 5.44. The van der Waals surface area contributed by atoms with Gasteiger partial charge in [0.05, 0.1) is 10.7 Å². The first-order valence-electron chi connectivity index (χ1n) is 8.66. The summed E-state index contributed by atoms with van der Waals surface area (Å²) in [6.07, 6.45) is 4.01. The van der Waals surface area contributed by atoms with Gasteiger partial charge in [0.1, 0.15) is 0 Å². The quantitative estimate of drug-likeness (QED) is 0.892. The van der Waals surface area contributed by atoms with Crippen LogP contribution in [0.1, 0.15) is 32.6 Å². The number of piperidine rings is 2. The molecule has 1 amide bonds. The van der Waals surface area contributed by atoms with Crippen LogP contribution in [0, 0.1) is 5.92 Å². The summed E-state index contributed by atoms with van der Waals surface area (Å²) in [5, 5.41) is 7.46. The van der Waals surface area contributed by atoms with Crippen molar-refractivity contribution in [2.45, 2.75) is 44.7 Å². The van der Waals surface area contributed by atoms with Gasteiger partial charge >= 0.3 is 0 Å². The Morgan fingerprint density at radius 2 is 2.17 bits per heavy atom. The summed E-state index contributed by atoms with van der Waals surface area (Å²) in [6.45, 7) is 4.94. The van der Waals surface area contributed by atoms with Gasteiger partial charge in [0.15, 0.2) is 0 Å². The zero-order valence-corrected chi connectivity index (χ0v) is 14.5. The van der Waals surface area contributed by atoms with E-state index in [0.29, 0.717) is 6.04 Å². The molecule has 2 N–H and O–H groups in total. The lowest BCUT2D eigenvalue weighted by Gasteiger charge is -2.36. The van der Waals surface area contributed by atoms with E-state index in [9.17, 15) is 4.79 Å². The molecule has 0 spiro atoms. The van der Waals surface area contributed by atoms with Gasteiger partial charge < -0.3 is 15.5 Å². The molecule has 4 nitrogen and oxygen atoms in total.